The number of aryl methyl sites for hydroxylation is 1. The summed E-state index contributed by atoms with van der Waals surface area (Å²) in [5.74, 6) is 0.909. The Balaban J connectivity index is 2.15. The predicted molar refractivity (Wildman–Crippen MR) is 48.6 cm³/mol. The van der Waals surface area contributed by atoms with E-state index in [1.807, 2.05) is 0 Å². The Labute approximate surface area is 76.8 Å². The molecule has 2 rings (SSSR count). The van der Waals surface area contributed by atoms with Gasteiger partial charge in [-0.1, -0.05) is 0 Å². The number of rotatable bonds is 2. The van der Waals surface area contributed by atoms with Crippen molar-refractivity contribution >= 4 is 5.82 Å². The first-order valence-corrected chi connectivity index (χ1v) is 4.60. The van der Waals surface area contributed by atoms with Gasteiger partial charge in [-0.25, -0.2) is 0 Å². The average Bonchev–Trinajstić information content (AvgIpc) is 2.51. The molecule has 72 valence electrons. The van der Waals surface area contributed by atoms with Crippen LogP contribution in [0.25, 0.3) is 0 Å². The molecule has 1 atom stereocenters. The Morgan fingerprint density at radius 1 is 1.62 bits per heavy atom. The van der Waals surface area contributed by atoms with E-state index in [4.69, 9.17) is 0 Å². The average molecular weight is 182 g/mol. The number of anilines is 1. The van der Waals surface area contributed by atoms with Crippen molar-refractivity contribution in [1.29, 1.82) is 0 Å². The lowest BCUT2D eigenvalue weighted by molar-refractivity contribution is 0.199. The van der Waals surface area contributed by atoms with Gasteiger partial charge in [0, 0.05) is 13.1 Å². The molecule has 5 heteroatoms. The van der Waals surface area contributed by atoms with Crippen molar-refractivity contribution in [3.8, 4) is 0 Å². The fraction of sp³-hybridized carbons (Fsp3) is 0.750. The quantitative estimate of drug-likeness (QED) is 0.672. The lowest BCUT2D eigenvalue weighted by Gasteiger charge is -2.27. The van der Waals surface area contributed by atoms with Gasteiger partial charge in [0.05, 0.1) is 6.10 Å². The highest BCUT2D eigenvalue weighted by molar-refractivity contribution is 5.44. The van der Waals surface area contributed by atoms with Crippen LogP contribution in [0.15, 0.2) is 0 Å². The lowest BCUT2D eigenvalue weighted by Crippen LogP contribution is -2.35. The van der Waals surface area contributed by atoms with Crippen LogP contribution in [0.3, 0.4) is 0 Å². The number of nitrogens with zero attached hydrogens (tertiary/aromatic N) is 3. The molecule has 0 amide bonds. The molecule has 0 bridgehead atoms. The second-order valence-corrected chi connectivity index (χ2v) is 3.49. The van der Waals surface area contributed by atoms with Crippen LogP contribution in [-0.4, -0.2) is 39.7 Å². The number of fused-ring (bicyclic) bond motifs is 1. The molecule has 5 nitrogen and oxygen atoms in total. The SMILES string of the molecule is CC(O)CN1CCCc2n[nH]nc21. The van der Waals surface area contributed by atoms with Crippen LogP contribution in [0.2, 0.25) is 0 Å². The van der Waals surface area contributed by atoms with Gasteiger partial charge in [-0.2, -0.15) is 10.3 Å². The van der Waals surface area contributed by atoms with E-state index < -0.39 is 0 Å². The molecule has 13 heavy (non-hydrogen) atoms. The summed E-state index contributed by atoms with van der Waals surface area (Å²) in [7, 11) is 0. The molecule has 1 aromatic rings. The highest BCUT2D eigenvalue weighted by Gasteiger charge is 2.21. The second-order valence-electron chi connectivity index (χ2n) is 3.49. The number of β-amino-alcohol motifs (C(OH)–C–C–N with tert-alkyl or cyclic N) is 1. The lowest BCUT2D eigenvalue weighted by atomic mass is 10.1. The summed E-state index contributed by atoms with van der Waals surface area (Å²) in [6.07, 6.45) is 1.76. The molecule has 0 aliphatic carbocycles. The van der Waals surface area contributed by atoms with E-state index in [0.717, 1.165) is 30.9 Å². The first-order valence-electron chi connectivity index (χ1n) is 4.60. The van der Waals surface area contributed by atoms with Gasteiger partial charge in [0.2, 0.25) is 0 Å². The summed E-state index contributed by atoms with van der Waals surface area (Å²) in [4.78, 5) is 2.08. The van der Waals surface area contributed by atoms with Crippen LogP contribution < -0.4 is 4.90 Å². The fourth-order valence-electron chi connectivity index (χ4n) is 1.71. The molecule has 0 radical (unpaired) electrons. The number of H-pyrrole nitrogens is 1. The first-order chi connectivity index (χ1) is 6.27. The second kappa shape index (κ2) is 3.33. The fourth-order valence-corrected chi connectivity index (χ4v) is 1.71. The number of hydrogen-bond acceptors (Lipinski definition) is 4. The van der Waals surface area contributed by atoms with Crippen molar-refractivity contribution in [2.75, 3.05) is 18.0 Å². The minimum absolute atomic E-state index is 0.317. The third kappa shape index (κ3) is 1.65. The van der Waals surface area contributed by atoms with Crippen molar-refractivity contribution in [3.63, 3.8) is 0 Å². The zero-order valence-electron chi connectivity index (χ0n) is 7.69. The van der Waals surface area contributed by atoms with Crippen molar-refractivity contribution in [3.05, 3.63) is 5.69 Å². The molecule has 1 aliphatic rings. The molecule has 2 heterocycles. The Hall–Kier alpha value is -1.10. The number of aromatic nitrogens is 3. The smallest absolute Gasteiger partial charge is 0.174 e. The zero-order chi connectivity index (χ0) is 9.26. The zero-order valence-corrected chi connectivity index (χ0v) is 7.69. The summed E-state index contributed by atoms with van der Waals surface area (Å²) in [5, 5.41) is 20.0. The molecular formula is C8H14N4O. The van der Waals surface area contributed by atoms with Gasteiger partial charge in [0.1, 0.15) is 5.69 Å². The third-order valence-corrected chi connectivity index (χ3v) is 2.22. The standard InChI is InChI=1S/C8H14N4O/c1-6(13)5-12-4-2-3-7-8(12)10-11-9-7/h6,13H,2-5H2,1H3,(H,9,10,11). The van der Waals surface area contributed by atoms with Gasteiger partial charge < -0.3 is 10.0 Å². The van der Waals surface area contributed by atoms with E-state index in [9.17, 15) is 5.11 Å². The Morgan fingerprint density at radius 3 is 3.23 bits per heavy atom. The van der Waals surface area contributed by atoms with Crippen LogP contribution in [0.5, 0.6) is 0 Å². The van der Waals surface area contributed by atoms with Crippen LogP contribution in [0.4, 0.5) is 5.82 Å². The number of hydrogen-bond donors (Lipinski definition) is 2. The van der Waals surface area contributed by atoms with Crippen LogP contribution >= 0.6 is 0 Å². The molecule has 1 aliphatic heterocycles. The molecule has 0 spiro atoms. The largest absolute Gasteiger partial charge is 0.392 e. The van der Waals surface area contributed by atoms with E-state index >= 15 is 0 Å². The summed E-state index contributed by atoms with van der Waals surface area (Å²) in [6.45, 7) is 3.39. The summed E-state index contributed by atoms with van der Waals surface area (Å²) in [5.41, 5.74) is 1.02. The maximum atomic E-state index is 9.27. The van der Waals surface area contributed by atoms with Gasteiger partial charge in [-0.15, -0.1) is 5.10 Å². The van der Waals surface area contributed by atoms with Gasteiger partial charge in [0.15, 0.2) is 5.82 Å². The van der Waals surface area contributed by atoms with E-state index in [1.165, 1.54) is 0 Å². The maximum Gasteiger partial charge on any atom is 0.174 e. The van der Waals surface area contributed by atoms with Crippen molar-refractivity contribution in [1.82, 2.24) is 15.4 Å². The Bertz CT molecular complexity index is 283. The topological polar surface area (TPSA) is 65.0 Å². The predicted octanol–water partition coefficient (Wildman–Crippen LogP) is -0.0619. The third-order valence-electron chi connectivity index (χ3n) is 2.22. The van der Waals surface area contributed by atoms with Crippen LogP contribution in [-0.2, 0) is 6.42 Å². The van der Waals surface area contributed by atoms with E-state index in [-0.39, 0.29) is 6.10 Å². The Morgan fingerprint density at radius 2 is 2.46 bits per heavy atom. The Kier molecular flexibility index (Phi) is 2.18. The number of aliphatic hydroxyl groups is 1. The minimum Gasteiger partial charge on any atom is -0.392 e. The van der Waals surface area contributed by atoms with Gasteiger partial charge in [-0.05, 0) is 19.8 Å². The van der Waals surface area contributed by atoms with Crippen molar-refractivity contribution < 1.29 is 5.11 Å². The van der Waals surface area contributed by atoms with Crippen LogP contribution in [0, 0.1) is 0 Å². The molecule has 0 fully saturated rings. The molecule has 1 aromatic heterocycles. The molecular weight excluding hydrogens is 168 g/mol. The maximum absolute atomic E-state index is 9.27. The number of nitrogens with one attached hydrogen (secondary N) is 1. The summed E-state index contributed by atoms with van der Waals surface area (Å²) < 4.78 is 0. The van der Waals surface area contributed by atoms with Crippen molar-refractivity contribution in [2.24, 2.45) is 0 Å². The van der Waals surface area contributed by atoms with Gasteiger partial charge >= 0.3 is 0 Å². The van der Waals surface area contributed by atoms with E-state index in [0.29, 0.717) is 6.54 Å². The highest BCUT2D eigenvalue weighted by atomic mass is 16.3. The molecule has 2 N–H and O–H groups in total. The molecule has 0 aromatic carbocycles. The minimum atomic E-state index is -0.317. The summed E-state index contributed by atoms with van der Waals surface area (Å²) >= 11 is 0. The van der Waals surface area contributed by atoms with Crippen LogP contribution in [0.1, 0.15) is 19.0 Å². The van der Waals surface area contributed by atoms with Crippen molar-refractivity contribution in [2.45, 2.75) is 25.9 Å². The summed E-state index contributed by atoms with van der Waals surface area (Å²) in [6, 6.07) is 0. The monoisotopic (exact) mass is 182 g/mol. The molecule has 1 unspecified atom stereocenters. The van der Waals surface area contributed by atoms with E-state index in [1.54, 1.807) is 6.92 Å². The first kappa shape index (κ1) is 8.50. The van der Waals surface area contributed by atoms with Gasteiger partial charge in [0.25, 0.3) is 0 Å². The highest BCUT2D eigenvalue weighted by Crippen LogP contribution is 2.21. The number of aliphatic hydroxyl groups excluding tert-OH is 1. The number of aromatic amines is 1. The normalized spacial score (nSPS) is 18.5. The molecule has 0 saturated heterocycles. The van der Waals surface area contributed by atoms with Gasteiger partial charge in [-0.3, -0.25) is 0 Å². The molecule has 0 saturated carbocycles. The van der Waals surface area contributed by atoms with E-state index in [2.05, 4.69) is 20.3 Å².